The van der Waals surface area contributed by atoms with Gasteiger partial charge < -0.3 is 20.3 Å². The van der Waals surface area contributed by atoms with Gasteiger partial charge in [-0.15, -0.1) is 0 Å². The number of fused-ring (bicyclic) bond motifs is 1. The zero-order chi connectivity index (χ0) is 11.8. The minimum atomic E-state index is -0.353. The fourth-order valence-corrected chi connectivity index (χ4v) is 1.66. The fourth-order valence-electron chi connectivity index (χ4n) is 1.66. The molecule has 0 aromatic heterocycles. The largest absolute Gasteiger partial charge is 0.454 e. The van der Waals surface area contributed by atoms with Gasteiger partial charge in [-0.05, 0) is 17.7 Å². The van der Waals surface area contributed by atoms with E-state index in [4.69, 9.17) is 15.2 Å². The maximum absolute atomic E-state index is 9.28. The van der Waals surface area contributed by atoms with Crippen LogP contribution in [-0.2, 0) is 0 Å². The zero-order valence-electron chi connectivity index (χ0n) is 9.56. The number of hydrogen-bond acceptors (Lipinski definition) is 4. The molecule has 1 aliphatic heterocycles. The summed E-state index contributed by atoms with van der Waals surface area (Å²) in [5, 5.41) is 9.28. The van der Waals surface area contributed by atoms with E-state index in [1.165, 1.54) is 0 Å². The number of ether oxygens (including phenoxy) is 2. The standard InChI is InChI=1S/C12H17NO3/c1-12(2,6-14)11(13)8-3-4-9-10(5-8)16-7-15-9/h3-5,11,14H,6-7,13H2,1-2H3/t11-/m0/s1. The molecule has 88 valence electrons. The summed E-state index contributed by atoms with van der Waals surface area (Å²) in [5.74, 6) is 1.47. The van der Waals surface area contributed by atoms with E-state index < -0.39 is 0 Å². The highest BCUT2D eigenvalue weighted by molar-refractivity contribution is 5.45. The van der Waals surface area contributed by atoms with Crippen LogP contribution in [0.15, 0.2) is 18.2 Å². The maximum Gasteiger partial charge on any atom is 0.231 e. The number of aliphatic hydroxyl groups excluding tert-OH is 1. The first kappa shape index (κ1) is 11.2. The number of benzene rings is 1. The van der Waals surface area contributed by atoms with Crippen molar-refractivity contribution in [3.8, 4) is 11.5 Å². The highest BCUT2D eigenvalue weighted by Gasteiger charge is 2.28. The summed E-state index contributed by atoms with van der Waals surface area (Å²) in [4.78, 5) is 0. The molecule has 0 amide bonds. The summed E-state index contributed by atoms with van der Waals surface area (Å²) in [6.45, 7) is 4.17. The minimum Gasteiger partial charge on any atom is -0.454 e. The minimum absolute atomic E-state index is 0.0443. The molecule has 0 fully saturated rings. The zero-order valence-corrected chi connectivity index (χ0v) is 9.56. The topological polar surface area (TPSA) is 64.7 Å². The second-order valence-corrected chi connectivity index (χ2v) is 4.74. The predicted molar refractivity (Wildman–Crippen MR) is 60.4 cm³/mol. The smallest absolute Gasteiger partial charge is 0.231 e. The average molecular weight is 223 g/mol. The van der Waals surface area contributed by atoms with Crippen LogP contribution in [0.1, 0.15) is 25.5 Å². The number of hydrogen-bond donors (Lipinski definition) is 2. The molecule has 0 spiro atoms. The molecular formula is C12H17NO3. The van der Waals surface area contributed by atoms with Crippen LogP contribution in [0.25, 0.3) is 0 Å². The Kier molecular flexibility index (Phi) is 2.78. The van der Waals surface area contributed by atoms with Crippen molar-refractivity contribution in [1.82, 2.24) is 0 Å². The lowest BCUT2D eigenvalue weighted by atomic mass is 9.82. The van der Waals surface area contributed by atoms with Crippen LogP contribution in [-0.4, -0.2) is 18.5 Å². The van der Waals surface area contributed by atoms with Crippen molar-refractivity contribution in [3.05, 3.63) is 23.8 Å². The van der Waals surface area contributed by atoms with Crippen molar-refractivity contribution >= 4 is 0 Å². The van der Waals surface area contributed by atoms with Gasteiger partial charge in [-0.1, -0.05) is 19.9 Å². The van der Waals surface area contributed by atoms with E-state index >= 15 is 0 Å². The van der Waals surface area contributed by atoms with Gasteiger partial charge in [0.2, 0.25) is 6.79 Å². The summed E-state index contributed by atoms with van der Waals surface area (Å²) in [5.41, 5.74) is 6.72. The van der Waals surface area contributed by atoms with Crippen LogP contribution in [0.4, 0.5) is 0 Å². The van der Waals surface area contributed by atoms with Crippen LogP contribution < -0.4 is 15.2 Å². The first-order chi connectivity index (χ1) is 7.54. The Labute approximate surface area is 95.0 Å². The van der Waals surface area contributed by atoms with Crippen LogP contribution in [0.5, 0.6) is 11.5 Å². The molecule has 0 bridgehead atoms. The van der Waals surface area contributed by atoms with E-state index in [2.05, 4.69) is 0 Å². The molecule has 1 heterocycles. The van der Waals surface area contributed by atoms with Crippen molar-refractivity contribution in [2.24, 2.45) is 11.1 Å². The molecule has 16 heavy (non-hydrogen) atoms. The normalized spacial score (nSPS) is 16.2. The van der Waals surface area contributed by atoms with Gasteiger partial charge in [0.05, 0.1) is 0 Å². The van der Waals surface area contributed by atoms with Gasteiger partial charge in [-0.3, -0.25) is 0 Å². The van der Waals surface area contributed by atoms with Crippen LogP contribution in [0, 0.1) is 5.41 Å². The van der Waals surface area contributed by atoms with Gasteiger partial charge in [0.25, 0.3) is 0 Å². The predicted octanol–water partition coefficient (Wildman–Crippen LogP) is 1.43. The van der Waals surface area contributed by atoms with Crippen LogP contribution in [0.3, 0.4) is 0 Å². The van der Waals surface area contributed by atoms with Crippen molar-refractivity contribution in [3.63, 3.8) is 0 Å². The van der Waals surface area contributed by atoms with Gasteiger partial charge in [-0.2, -0.15) is 0 Å². The molecule has 4 nitrogen and oxygen atoms in total. The highest BCUT2D eigenvalue weighted by Crippen LogP contribution is 2.37. The third-order valence-electron chi connectivity index (χ3n) is 3.01. The SMILES string of the molecule is CC(C)(CO)[C@@H](N)c1ccc2c(c1)OCO2. The van der Waals surface area contributed by atoms with Crippen molar-refractivity contribution in [2.75, 3.05) is 13.4 Å². The Hall–Kier alpha value is -1.26. The van der Waals surface area contributed by atoms with Gasteiger partial charge in [0.1, 0.15) is 0 Å². The van der Waals surface area contributed by atoms with E-state index in [9.17, 15) is 5.11 Å². The molecule has 1 aliphatic rings. The molecular weight excluding hydrogens is 206 g/mol. The highest BCUT2D eigenvalue weighted by atomic mass is 16.7. The van der Waals surface area contributed by atoms with E-state index in [0.717, 1.165) is 17.1 Å². The molecule has 0 saturated heterocycles. The van der Waals surface area contributed by atoms with Crippen molar-refractivity contribution in [1.29, 1.82) is 0 Å². The van der Waals surface area contributed by atoms with Crippen LogP contribution >= 0.6 is 0 Å². The second kappa shape index (κ2) is 3.96. The maximum atomic E-state index is 9.28. The average Bonchev–Trinajstić information content (AvgIpc) is 2.74. The molecule has 0 unspecified atom stereocenters. The Morgan fingerprint density at radius 2 is 2.06 bits per heavy atom. The van der Waals surface area contributed by atoms with Gasteiger partial charge in [-0.25, -0.2) is 0 Å². The molecule has 1 atom stereocenters. The van der Waals surface area contributed by atoms with Gasteiger partial charge in [0.15, 0.2) is 11.5 Å². The molecule has 0 radical (unpaired) electrons. The third kappa shape index (κ3) is 1.86. The lowest BCUT2D eigenvalue weighted by Gasteiger charge is -2.29. The van der Waals surface area contributed by atoms with Gasteiger partial charge in [0, 0.05) is 18.1 Å². The molecule has 0 saturated carbocycles. The summed E-state index contributed by atoms with van der Waals surface area (Å²) in [6.07, 6.45) is 0. The number of rotatable bonds is 3. The molecule has 0 aliphatic carbocycles. The van der Waals surface area contributed by atoms with Crippen molar-refractivity contribution < 1.29 is 14.6 Å². The summed E-state index contributed by atoms with van der Waals surface area (Å²) < 4.78 is 10.5. The summed E-state index contributed by atoms with van der Waals surface area (Å²) in [6, 6.07) is 5.41. The molecule has 1 aromatic carbocycles. The van der Waals surface area contributed by atoms with Gasteiger partial charge >= 0.3 is 0 Å². The van der Waals surface area contributed by atoms with E-state index in [1.807, 2.05) is 32.0 Å². The third-order valence-corrected chi connectivity index (χ3v) is 3.01. The Morgan fingerprint density at radius 1 is 1.38 bits per heavy atom. The lowest BCUT2D eigenvalue weighted by Crippen LogP contribution is -2.32. The van der Waals surface area contributed by atoms with Crippen LogP contribution in [0.2, 0.25) is 0 Å². The fraction of sp³-hybridized carbons (Fsp3) is 0.500. The summed E-state index contributed by atoms with van der Waals surface area (Å²) in [7, 11) is 0. The van der Waals surface area contributed by atoms with E-state index in [-0.39, 0.29) is 24.9 Å². The Morgan fingerprint density at radius 3 is 2.75 bits per heavy atom. The van der Waals surface area contributed by atoms with Crippen molar-refractivity contribution in [2.45, 2.75) is 19.9 Å². The molecule has 2 rings (SSSR count). The first-order valence-corrected chi connectivity index (χ1v) is 5.30. The number of nitrogens with two attached hydrogens (primary N) is 1. The molecule has 4 heteroatoms. The molecule has 1 aromatic rings. The second-order valence-electron chi connectivity index (χ2n) is 4.74. The van der Waals surface area contributed by atoms with E-state index in [0.29, 0.717) is 0 Å². The summed E-state index contributed by atoms with van der Waals surface area (Å²) >= 11 is 0. The monoisotopic (exact) mass is 223 g/mol. The van der Waals surface area contributed by atoms with E-state index in [1.54, 1.807) is 0 Å². The first-order valence-electron chi connectivity index (χ1n) is 5.30. The quantitative estimate of drug-likeness (QED) is 0.813. The lowest BCUT2D eigenvalue weighted by molar-refractivity contribution is 0.132. The Bertz CT molecular complexity index is 390. The Balaban J connectivity index is 2.28. The molecule has 3 N–H and O–H groups in total. The number of aliphatic hydroxyl groups is 1.